The first-order valence-corrected chi connectivity index (χ1v) is 9.77. The van der Waals surface area contributed by atoms with Crippen molar-refractivity contribution in [1.82, 2.24) is 4.90 Å². The van der Waals surface area contributed by atoms with Crippen LogP contribution in [0.15, 0.2) is 34.7 Å². The summed E-state index contributed by atoms with van der Waals surface area (Å²) in [5.74, 6) is 0.937. The highest BCUT2D eigenvalue weighted by atomic mass is 16.5. The smallest absolute Gasteiger partial charge is 0.134 e. The number of benzene rings is 1. The second-order valence-electron chi connectivity index (χ2n) is 7.18. The third-order valence-corrected chi connectivity index (χ3v) is 5.00. The molecule has 1 N–H and O–H groups in total. The Labute approximate surface area is 155 Å². The molecule has 2 heterocycles. The number of hydrogen-bond donors (Lipinski definition) is 1. The van der Waals surface area contributed by atoms with Crippen molar-refractivity contribution >= 4 is 11.0 Å². The quantitative estimate of drug-likeness (QED) is 0.698. The van der Waals surface area contributed by atoms with Crippen molar-refractivity contribution in [2.24, 2.45) is 0 Å². The highest BCUT2D eigenvalue weighted by Crippen LogP contribution is 2.27. The van der Waals surface area contributed by atoms with Gasteiger partial charge in [0.05, 0.1) is 31.5 Å². The molecule has 144 valence electrons. The maximum Gasteiger partial charge on any atom is 0.134 e. The van der Waals surface area contributed by atoms with Crippen LogP contribution in [0.2, 0.25) is 0 Å². The summed E-state index contributed by atoms with van der Waals surface area (Å²) in [5.41, 5.74) is 0.909. The summed E-state index contributed by atoms with van der Waals surface area (Å²) in [6.07, 6.45) is 2.86. The number of ether oxygens (including phenoxy) is 2. The topological polar surface area (TPSA) is 55.1 Å². The van der Waals surface area contributed by atoms with Crippen molar-refractivity contribution in [3.63, 3.8) is 0 Å². The number of aliphatic hydroxyl groups is 1. The summed E-state index contributed by atoms with van der Waals surface area (Å²) in [4.78, 5) is 2.26. The van der Waals surface area contributed by atoms with E-state index in [1.165, 1.54) is 0 Å². The van der Waals surface area contributed by atoms with Crippen LogP contribution in [0.1, 0.15) is 44.9 Å². The van der Waals surface area contributed by atoms with Gasteiger partial charge < -0.3 is 19.0 Å². The van der Waals surface area contributed by atoms with Crippen LogP contribution in [0, 0.1) is 0 Å². The van der Waals surface area contributed by atoms with Crippen molar-refractivity contribution in [3.8, 4) is 0 Å². The van der Waals surface area contributed by atoms with Crippen molar-refractivity contribution in [3.05, 3.63) is 36.1 Å². The average molecular weight is 361 g/mol. The van der Waals surface area contributed by atoms with E-state index in [1.807, 2.05) is 18.2 Å². The number of aliphatic hydroxyl groups excluding tert-OH is 1. The van der Waals surface area contributed by atoms with Gasteiger partial charge in [-0.25, -0.2) is 0 Å². The summed E-state index contributed by atoms with van der Waals surface area (Å²) in [6, 6.07) is 10.3. The van der Waals surface area contributed by atoms with Crippen LogP contribution in [-0.4, -0.2) is 55.1 Å². The van der Waals surface area contributed by atoms with Crippen LogP contribution in [0.4, 0.5) is 0 Å². The molecule has 5 nitrogen and oxygen atoms in total. The molecule has 1 fully saturated rings. The van der Waals surface area contributed by atoms with Gasteiger partial charge in [-0.05, 0) is 44.9 Å². The summed E-state index contributed by atoms with van der Waals surface area (Å²) in [5, 5.41) is 11.5. The number of furan rings is 1. The number of hydrogen-bond acceptors (Lipinski definition) is 5. The maximum atomic E-state index is 10.4. The molecule has 0 aliphatic carbocycles. The third kappa shape index (κ3) is 5.07. The van der Waals surface area contributed by atoms with E-state index in [4.69, 9.17) is 13.9 Å². The molecule has 3 atom stereocenters. The Bertz CT molecular complexity index is 632. The normalized spacial score (nSPS) is 20.1. The molecule has 2 aromatic rings. The van der Waals surface area contributed by atoms with Gasteiger partial charge in [-0.3, -0.25) is 4.90 Å². The fourth-order valence-corrected chi connectivity index (χ4v) is 3.55. The molecule has 3 rings (SSSR count). The number of para-hydroxylation sites is 1. The Kier molecular flexibility index (Phi) is 7.08. The molecule has 5 heteroatoms. The van der Waals surface area contributed by atoms with Crippen LogP contribution < -0.4 is 0 Å². The number of nitrogens with zero attached hydrogens (tertiary/aromatic N) is 1. The van der Waals surface area contributed by atoms with E-state index in [1.54, 1.807) is 0 Å². The van der Waals surface area contributed by atoms with E-state index in [2.05, 4.69) is 30.9 Å². The molecule has 0 spiro atoms. The van der Waals surface area contributed by atoms with Gasteiger partial charge in [0.15, 0.2) is 0 Å². The lowest BCUT2D eigenvalue weighted by Gasteiger charge is -2.29. The predicted octanol–water partition coefficient (Wildman–Crippen LogP) is 3.76. The summed E-state index contributed by atoms with van der Waals surface area (Å²) in [6.45, 7) is 7.50. The molecule has 1 saturated heterocycles. The second-order valence-corrected chi connectivity index (χ2v) is 7.18. The molecular weight excluding hydrogens is 330 g/mol. The maximum absolute atomic E-state index is 10.4. The van der Waals surface area contributed by atoms with Crippen LogP contribution in [0.25, 0.3) is 11.0 Å². The minimum atomic E-state index is -0.519. The zero-order valence-electron chi connectivity index (χ0n) is 15.9. The van der Waals surface area contributed by atoms with Crippen molar-refractivity contribution in [2.45, 2.75) is 51.4 Å². The van der Waals surface area contributed by atoms with E-state index in [0.717, 1.165) is 49.1 Å². The molecule has 1 aromatic carbocycles. The fraction of sp³-hybridized carbons (Fsp3) is 0.619. The largest absolute Gasteiger partial charge is 0.459 e. The van der Waals surface area contributed by atoms with Gasteiger partial charge in [-0.2, -0.15) is 0 Å². The molecule has 1 aliphatic rings. The van der Waals surface area contributed by atoms with Gasteiger partial charge >= 0.3 is 0 Å². The monoisotopic (exact) mass is 361 g/mol. The first kappa shape index (κ1) is 19.4. The zero-order chi connectivity index (χ0) is 18.4. The Morgan fingerprint density at radius 1 is 1.35 bits per heavy atom. The van der Waals surface area contributed by atoms with Gasteiger partial charge in [0.1, 0.15) is 11.3 Å². The lowest BCUT2D eigenvalue weighted by atomic mass is 10.1. The highest BCUT2D eigenvalue weighted by Gasteiger charge is 2.22. The predicted molar refractivity (Wildman–Crippen MR) is 102 cm³/mol. The van der Waals surface area contributed by atoms with Gasteiger partial charge in [0.25, 0.3) is 0 Å². The van der Waals surface area contributed by atoms with Crippen molar-refractivity contribution < 1.29 is 19.0 Å². The summed E-state index contributed by atoms with van der Waals surface area (Å²) < 4.78 is 17.2. The third-order valence-electron chi connectivity index (χ3n) is 5.00. The Morgan fingerprint density at radius 2 is 2.19 bits per heavy atom. The highest BCUT2D eigenvalue weighted by molar-refractivity contribution is 5.77. The summed E-state index contributed by atoms with van der Waals surface area (Å²) >= 11 is 0. The minimum absolute atomic E-state index is 0.107. The van der Waals surface area contributed by atoms with Crippen LogP contribution >= 0.6 is 0 Å². The Morgan fingerprint density at radius 3 is 2.92 bits per heavy atom. The molecule has 1 aromatic heterocycles. The van der Waals surface area contributed by atoms with E-state index in [-0.39, 0.29) is 12.1 Å². The molecule has 3 unspecified atom stereocenters. The molecule has 0 bridgehead atoms. The van der Waals surface area contributed by atoms with Crippen molar-refractivity contribution in [1.29, 1.82) is 0 Å². The van der Waals surface area contributed by atoms with E-state index in [9.17, 15) is 5.11 Å². The lowest BCUT2D eigenvalue weighted by molar-refractivity contribution is -0.0288. The lowest BCUT2D eigenvalue weighted by Crippen LogP contribution is -2.37. The molecule has 1 aliphatic heterocycles. The van der Waals surface area contributed by atoms with E-state index in [0.29, 0.717) is 19.8 Å². The Balaban J connectivity index is 1.54. The van der Waals surface area contributed by atoms with Gasteiger partial charge in [-0.1, -0.05) is 25.1 Å². The zero-order valence-corrected chi connectivity index (χ0v) is 15.9. The summed E-state index contributed by atoms with van der Waals surface area (Å²) in [7, 11) is 0. The average Bonchev–Trinajstić information content (AvgIpc) is 3.30. The molecule has 26 heavy (non-hydrogen) atoms. The SMILES string of the molecule is CCCN(CC(O)COCC1CCCO1)C(C)c1cc2ccccc2o1. The van der Waals surface area contributed by atoms with E-state index >= 15 is 0 Å². The standard InChI is InChI=1S/C21H31NO4/c1-3-10-22(13-18(23)14-24-15-19-8-6-11-25-19)16(2)21-12-17-7-4-5-9-20(17)26-21/h4-5,7,9,12,16,18-19,23H,3,6,8,10-11,13-15H2,1-2H3. The van der Waals surface area contributed by atoms with Crippen LogP contribution in [-0.2, 0) is 9.47 Å². The second kappa shape index (κ2) is 9.51. The molecule has 0 amide bonds. The van der Waals surface area contributed by atoms with Crippen molar-refractivity contribution in [2.75, 3.05) is 32.9 Å². The number of fused-ring (bicyclic) bond motifs is 1. The number of rotatable bonds is 10. The minimum Gasteiger partial charge on any atom is -0.459 e. The van der Waals surface area contributed by atoms with Gasteiger partial charge in [0, 0.05) is 18.5 Å². The fourth-order valence-electron chi connectivity index (χ4n) is 3.55. The molecular formula is C21H31NO4. The van der Waals surface area contributed by atoms with Gasteiger partial charge in [-0.15, -0.1) is 0 Å². The molecule has 0 radical (unpaired) electrons. The first-order valence-electron chi connectivity index (χ1n) is 9.77. The van der Waals surface area contributed by atoms with E-state index < -0.39 is 6.10 Å². The molecule has 0 saturated carbocycles. The van der Waals surface area contributed by atoms with Crippen LogP contribution in [0.3, 0.4) is 0 Å². The Hall–Kier alpha value is -1.40. The van der Waals surface area contributed by atoms with Crippen LogP contribution in [0.5, 0.6) is 0 Å². The van der Waals surface area contributed by atoms with Gasteiger partial charge in [0.2, 0.25) is 0 Å². The first-order chi connectivity index (χ1) is 12.7.